The van der Waals surface area contributed by atoms with E-state index in [1.165, 1.54) is 0 Å². The third kappa shape index (κ3) is 2.52. The molecule has 0 spiro atoms. The Morgan fingerprint density at radius 2 is 2.33 bits per heavy atom. The monoisotopic (exact) mass is 203 g/mol. The molecule has 2 heterocycles. The van der Waals surface area contributed by atoms with E-state index < -0.39 is 0 Å². The molecule has 78 valence electrons. The average molecular weight is 203 g/mol. The molecule has 15 heavy (non-hydrogen) atoms. The van der Waals surface area contributed by atoms with Crippen LogP contribution in [0.1, 0.15) is 5.82 Å². The minimum Gasteiger partial charge on any atom is -0.370 e. The number of nitrogens with one attached hydrogen (secondary N) is 1. The molecule has 0 radical (unpaired) electrons. The maximum atomic E-state index is 4.17. The van der Waals surface area contributed by atoms with E-state index in [0.29, 0.717) is 0 Å². The van der Waals surface area contributed by atoms with Crippen LogP contribution in [0, 0.1) is 0 Å². The van der Waals surface area contributed by atoms with Crippen LogP contribution in [0.2, 0.25) is 0 Å². The van der Waals surface area contributed by atoms with Crippen molar-refractivity contribution in [3.8, 4) is 0 Å². The Labute approximate surface area is 88.2 Å². The number of aryl methyl sites for hydroxylation is 1. The number of aromatic nitrogens is 4. The molecule has 5 nitrogen and oxygen atoms in total. The van der Waals surface area contributed by atoms with Crippen LogP contribution in [0.5, 0.6) is 0 Å². The van der Waals surface area contributed by atoms with Gasteiger partial charge in [-0.25, -0.2) is 4.98 Å². The Morgan fingerprint density at radius 3 is 3.00 bits per heavy atom. The van der Waals surface area contributed by atoms with Crippen LogP contribution in [0.25, 0.3) is 0 Å². The second-order valence-corrected chi connectivity index (χ2v) is 3.25. The molecule has 2 aromatic rings. The Kier molecular flexibility index (Phi) is 2.92. The summed E-state index contributed by atoms with van der Waals surface area (Å²) in [6.07, 6.45) is 4.31. The SMILES string of the molecule is Cn1cnnc1CCNc1ccccn1. The lowest BCUT2D eigenvalue weighted by atomic mass is 10.4. The van der Waals surface area contributed by atoms with Crippen molar-refractivity contribution in [2.75, 3.05) is 11.9 Å². The summed E-state index contributed by atoms with van der Waals surface area (Å²) in [6.45, 7) is 0.809. The van der Waals surface area contributed by atoms with Gasteiger partial charge in [-0.3, -0.25) is 0 Å². The van der Waals surface area contributed by atoms with E-state index in [0.717, 1.165) is 24.6 Å². The van der Waals surface area contributed by atoms with E-state index in [9.17, 15) is 0 Å². The summed E-state index contributed by atoms with van der Waals surface area (Å²) in [6, 6.07) is 5.79. The normalized spacial score (nSPS) is 10.2. The van der Waals surface area contributed by atoms with Crippen molar-refractivity contribution in [1.82, 2.24) is 19.7 Å². The quantitative estimate of drug-likeness (QED) is 0.801. The van der Waals surface area contributed by atoms with Crippen LogP contribution in [0.4, 0.5) is 5.82 Å². The van der Waals surface area contributed by atoms with E-state index in [4.69, 9.17) is 0 Å². The zero-order valence-electron chi connectivity index (χ0n) is 8.59. The fourth-order valence-electron chi connectivity index (χ4n) is 1.30. The van der Waals surface area contributed by atoms with Gasteiger partial charge in [0.2, 0.25) is 0 Å². The van der Waals surface area contributed by atoms with E-state index in [-0.39, 0.29) is 0 Å². The highest BCUT2D eigenvalue weighted by Gasteiger charge is 1.99. The van der Waals surface area contributed by atoms with Gasteiger partial charge in [0.15, 0.2) is 0 Å². The van der Waals surface area contributed by atoms with Crippen molar-refractivity contribution in [3.63, 3.8) is 0 Å². The van der Waals surface area contributed by atoms with E-state index in [1.54, 1.807) is 12.5 Å². The Hall–Kier alpha value is -1.91. The third-order valence-electron chi connectivity index (χ3n) is 2.12. The number of hydrogen-bond donors (Lipinski definition) is 1. The molecule has 1 N–H and O–H groups in total. The van der Waals surface area contributed by atoms with Gasteiger partial charge in [-0.15, -0.1) is 10.2 Å². The predicted molar refractivity (Wildman–Crippen MR) is 57.4 cm³/mol. The molecule has 0 aromatic carbocycles. The van der Waals surface area contributed by atoms with Crippen molar-refractivity contribution in [1.29, 1.82) is 0 Å². The van der Waals surface area contributed by atoms with Gasteiger partial charge in [-0.05, 0) is 12.1 Å². The average Bonchev–Trinajstić information content (AvgIpc) is 2.66. The minimum atomic E-state index is 0.809. The summed E-state index contributed by atoms with van der Waals surface area (Å²) in [7, 11) is 1.94. The third-order valence-corrected chi connectivity index (χ3v) is 2.12. The highest BCUT2D eigenvalue weighted by Crippen LogP contribution is 2.00. The summed E-state index contributed by atoms with van der Waals surface area (Å²) in [5.41, 5.74) is 0. The minimum absolute atomic E-state index is 0.809. The molecule has 0 amide bonds. The molecule has 0 aliphatic rings. The summed E-state index contributed by atoms with van der Waals surface area (Å²) in [5.74, 6) is 1.86. The molecule has 2 rings (SSSR count). The van der Waals surface area contributed by atoms with Crippen molar-refractivity contribution in [2.45, 2.75) is 6.42 Å². The second kappa shape index (κ2) is 4.54. The molecule has 0 aliphatic carbocycles. The van der Waals surface area contributed by atoms with Gasteiger partial charge in [0, 0.05) is 26.2 Å². The molecule has 0 atom stereocenters. The van der Waals surface area contributed by atoms with Gasteiger partial charge in [0.05, 0.1) is 0 Å². The van der Waals surface area contributed by atoms with Crippen LogP contribution in [-0.4, -0.2) is 26.3 Å². The van der Waals surface area contributed by atoms with Gasteiger partial charge < -0.3 is 9.88 Å². The van der Waals surface area contributed by atoms with E-state index in [2.05, 4.69) is 20.5 Å². The molecule has 0 unspecified atom stereocenters. The van der Waals surface area contributed by atoms with Crippen LogP contribution in [0.15, 0.2) is 30.7 Å². The van der Waals surface area contributed by atoms with Crippen molar-refractivity contribution in [3.05, 3.63) is 36.5 Å². The van der Waals surface area contributed by atoms with Gasteiger partial charge >= 0.3 is 0 Å². The molecule has 2 aromatic heterocycles. The Morgan fingerprint density at radius 1 is 1.40 bits per heavy atom. The smallest absolute Gasteiger partial charge is 0.134 e. The fourth-order valence-corrected chi connectivity index (χ4v) is 1.30. The van der Waals surface area contributed by atoms with Gasteiger partial charge in [0.25, 0.3) is 0 Å². The first-order chi connectivity index (χ1) is 7.36. The number of pyridine rings is 1. The Bertz CT molecular complexity index is 409. The lowest BCUT2D eigenvalue weighted by molar-refractivity contribution is 0.787. The molecule has 0 saturated heterocycles. The van der Waals surface area contributed by atoms with Gasteiger partial charge in [-0.2, -0.15) is 0 Å². The second-order valence-electron chi connectivity index (χ2n) is 3.25. The zero-order valence-corrected chi connectivity index (χ0v) is 8.59. The van der Waals surface area contributed by atoms with Gasteiger partial charge in [0.1, 0.15) is 18.0 Å². The molecule has 0 fully saturated rings. The lowest BCUT2D eigenvalue weighted by Gasteiger charge is -2.04. The number of hydrogen-bond acceptors (Lipinski definition) is 4. The molecule has 5 heteroatoms. The van der Waals surface area contributed by atoms with Crippen LogP contribution >= 0.6 is 0 Å². The van der Waals surface area contributed by atoms with E-state index in [1.807, 2.05) is 29.8 Å². The Balaban J connectivity index is 1.83. The first kappa shape index (κ1) is 9.64. The number of anilines is 1. The fraction of sp³-hybridized carbons (Fsp3) is 0.300. The van der Waals surface area contributed by atoms with E-state index >= 15 is 0 Å². The maximum Gasteiger partial charge on any atom is 0.134 e. The van der Waals surface area contributed by atoms with Crippen molar-refractivity contribution >= 4 is 5.82 Å². The first-order valence-corrected chi connectivity index (χ1v) is 4.84. The molecule has 0 saturated carbocycles. The number of rotatable bonds is 4. The van der Waals surface area contributed by atoms with Crippen LogP contribution < -0.4 is 5.32 Å². The zero-order chi connectivity index (χ0) is 10.5. The van der Waals surface area contributed by atoms with Crippen molar-refractivity contribution in [2.24, 2.45) is 7.05 Å². The predicted octanol–water partition coefficient (Wildman–Crippen LogP) is 0.865. The van der Waals surface area contributed by atoms with Crippen molar-refractivity contribution < 1.29 is 0 Å². The number of nitrogens with zero attached hydrogens (tertiary/aromatic N) is 4. The summed E-state index contributed by atoms with van der Waals surface area (Å²) >= 11 is 0. The van der Waals surface area contributed by atoms with Crippen LogP contribution in [-0.2, 0) is 13.5 Å². The first-order valence-electron chi connectivity index (χ1n) is 4.84. The lowest BCUT2D eigenvalue weighted by Crippen LogP contribution is -2.09. The summed E-state index contributed by atoms with van der Waals surface area (Å²) in [5, 5.41) is 11.0. The molecule has 0 bridgehead atoms. The summed E-state index contributed by atoms with van der Waals surface area (Å²) in [4.78, 5) is 4.17. The largest absolute Gasteiger partial charge is 0.370 e. The van der Waals surface area contributed by atoms with Gasteiger partial charge in [-0.1, -0.05) is 6.07 Å². The maximum absolute atomic E-state index is 4.17. The highest BCUT2D eigenvalue weighted by molar-refractivity contribution is 5.32. The molecular weight excluding hydrogens is 190 g/mol. The highest BCUT2D eigenvalue weighted by atomic mass is 15.2. The molecule has 0 aliphatic heterocycles. The standard InChI is InChI=1S/C10H13N5/c1-15-8-13-14-10(15)5-7-12-9-4-2-3-6-11-9/h2-4,6,8H,5,7H2,1H3,(H,11,12). The summed E-state index contributed by atoms with van der Waals surface area (Å²) < 4.78 is 1.92. The molecular formula is C10H13N5. The topological polar surface area (TPSA) is 55.6 Å². The van der Waals surface area contributed by atoms with Crippen LogP contribution in [0.3, 0.4) is 0 Å².